The minimum atomic E-state index is -4.64. The number of aliphatic carboxylic acids is 1. The van der Waals surface area contributed by atoms with Gasteiger partial charge in [-0.05, 0) is 68.1 Å². The van der Waals surface area contributed by atoms with Gasteiger partial charge in [-0.3, -0.25) is 19.2 Å². The van der Waals surface area contributed by atoms with Gasteiger partial charge in [-0.1, -0.05) is 73.7 Å². The quantitative estimate of drug-likeness (QED) is 0.0640. The highest BCUT2D eigenvalue weighted by Crippen LogP contribution is 2.39. The van der Waals surface area contributed by atoms with Crippen molar-refractivity contribution in [2.45, 2.75) is 64.0 Å². The van der Waals surface area contributed by atoms with Gasteiger partial charge in [0.15, 0.2) is 6.10 Å². The van der Waals surface area contributed by atoms with Crippen LogP contribution < -0.4 is 15.0 Å². The van der Waals surface area contributed by atoms with Crippen molar-refractivity contribution < 1.29 is 56.5 Å². The number of carbonyl (C=O) groups is 5. The lowest BCUT2D eigenvalue weighted by molar-refractivity contribution is -0.170. The third kappa shape index (κ3) is 7.77. The van der Waals surface area contributed by atoms with E-state index in [0.717, 1.165) is 24.3 Å². The molecule has 0 saturated carbocycles. The number of Topliss-reactive ketones (excluding diaryl/α,β-unsaturated/α-hetero) is 1. The molecule has 0 aliphatic carbocycles. The first kappa shape index (κ1) is 39.0. The van der Waals surface area contributed by atoms with Gasteiger partial charge >= 0.3 is 24.3 Å². The van der Waals surface area contributed by atoms with Gasteiger partial charge in [-0.25, -0.2) is 4.79 Å². The van der Waals surface area contributed by atoms with Crippen molar-refractivity contribution in [3.05, 3.63) is 114 Å². The topological polar surface area (TPSA) is 149 Å². The third-order valence-electron chi connectivity index (χ3n) is 8.98. The number of amides is 1. The number of rotatable bonds is 12. The van der Waals surface area contributed by atoms with Gasteiger partial charge in [0.25, 0.3) is 0 Å². The van der Waals surface area contributed by atoms with Crippen LogP contribution in [0.15, 0.2) is 97.1 Å². The maximum Gasteiger partial charge on any atom is 0.514 e. The Morgan fingerprint density at radius 2 is 1.50 bits per heavy atom. The predicted molar refractivity (Wildman–Crippen MR) is 191 cm³/mol. The molecule has 5 rings (SSSR count). The summed E-state index contributed by atoms with van der Waals surface area (Å²) in [5, 5.41) is 14.0. The van der Waals surface area contributed by atoms with Crippen LogP contribution in [0.1, 0.15) is 55.6 Å². The zero-order valence-corrected chi connectivity index (χ0v) is 29.7. The van der Waals surface area contributed by atoms with Crippen LogP contribution in [0.25, 0.3) is 11.1 Å². The summed E-state index contributed by atoms with van der Waals surface area (Å²) >= 11 is 0. The second kappa shape index (κ2) is 15.8. The van der Waals surface area contributed by atoms with Crippen molar-refractivity contribution in [2.24, 2.45) is 0 Å². The van der Waals surface area contributed by atoms with E-state index in [0.29, 0.717) is 11.4 Å². The molecule has 11 nitrogen and oxygen atoms in total. The number of carbonyl (C=O) groups excluding carboxylic acids is 4. The highest BCUT2D eigenvalue weighted by atomic mass is 19.4. The molecular formula is C40H37F3N2O9. The van der Waals surface area contributed by atoms with E-state index in [-0.39, 0.29) is 52.9 Å². The molecule has 0 saturated heterocycles. The number of hydrogen-bond acceptors (Lipinski definition) is 9. The molecule has 0 fully saturated rings. The fourth-order valence-electron chi connectivity index (χ4n) is 6.12. The van der Waals surface area contributed by atoms with Crippen LogP contribution in [0.2, 0.25) is 0 Å². The van der Waals surface area contributed by atoms with E-state index in [1.807, 2.05) is 0 Å². The highest BCUT2D eigenvalue weighted by molar-refractivity contribution is 6.16. The zero-order chi connectivity index (χ0) is 39.4. The van der Waals surface area contributed by atoms with Gasteiger partial charge in [0, 0.05) is 17.7 Å². The van der Waals surface area contributed by atoms with Crippen LogP contribution >= 0.6 is 0 Å². The van der Waals surface area contributed by atoms with Gasteiger partial charge in [0.05, 0.1) is 29.6 Å². The smallest absolute Gasteiger partial charge is 0.480 e. The summed E-state index contributed by atoms with van der Waals surface area (Å²) in [4.78, 5) is 70.6. The Balaban J connectivity index is 1.65. The number of hydrogen-bond donors (Lipinski definition) is 2. The number of ether oxygens (including phenoxy) is 3. The van der Waals surface area contributed by atoms with E-state index in [2.05, 4.69) is 5.32 Å². The van der Waals surface area contributed by atoms with Gasteiger partial charge < -0.3 is 29.5 Å². The second-order valence-corrected chi connectivity index (χ2v) is 12.8. The molecule has 4 aromatic carbocycles. The van der Waals surface area contributed by atoms with Crippen LogP contribution in [0.5, 0.6) is 5.75 Å². The molecule has 3 atom stereocenters. The predicted octanol–water partition coefficient (Wildman–Crippen LogP) is 7.67. The Bertz CT molecular complexity index is 2050. The molecule has 1 aliphatic heterocycles. The van der Waals surface area contributed by atoms with Crippen LogP contribution in [-0.4, -0.2) is 59.7 Å². The van der Waals surface area contributed by atoms with Crippen LogP contribution in [-0.2, 0) is 35.4 Å². The first-order chi connectivity index (χ1) is 25.6. The average Bonchev–Trinajstić information content (AvgIpc) is 3.14. The van der Waals surface area contributed by atoms with Gasteiger partial charge in [0.2, 0.25) is 17.1 Å². The number of carboxylic acids is 1. The summed E-state index contributed by atoms with van der Waals surface area (Å²) in [6.07, 6.45) is -9.29. The first-order valence-corrected chi connectivity index (χ1v) is 17.0. The zero-order valence-electron chi connectivity index (χ0n) is 29.7. The number of benzene rings is 4. The number of fused-ring (bicyclic) bond motifs is 1. The largest absolute Gasteiger partial charge is 0.514 e. The molecule has 282 valence electrons. The molecule has 0 spiro atoms. The maximum atomic E-state index is 14.8. The summed E-state index contributed by atoms with van der Waals surface area (Å²) in [6.45, 7) is 6.82. The number of nitrogens with zero attached hydrogens (tertiary/aromatic N) is 1. The van der Waals surface area contributed by atoms with Crippen molar-refractivity contribution in [3.8, 4) is 16.9 Å². The van der Waals surface area contributed by atoms with E-state index in [1.54, 1.807) is 26.8 Å². The SMILES string of the molecule is CCC(C)OC(=O)C(C(=O)O)(c1ccccc1)C(OC(=O)Oc1ccc2c(c1)N(C(C)C)C(=O)CN2)C(=O)c1ccccc1-c1ccc(C(F)(F)F)cc1. The Labute approximate surface area is 308 Å². The number of nitrogens with one attached hydrogen (secondary N) is 1. The van der Waals surface area contributed by atoms with Crippen molar-refractivity contribution in [1.29, 1.82) is 0 Å². The summed E-state index contributed by atoms with van der Waals surface area (Å²) in [6, 6.07) is 20.5. The molecule has 0 radical (unpaired) electrons. The van der Waals surface area contributed by atoms with Crippen LogP contribution in [0.3, 0.4) is 0 Å². The highest BCUT2D eigenvalue weighted by Gasteiger charge is 2.61. The Hall–Kier alpha value is -6.18. The number of ketones is 1. The molecule has 0 aromatic heterocycles. The fraction of sp³-hybridized carbons (Fsp3) is 0.275. The lowest BCUT2D eigenvalue weighted by atomic mass is 9.72. The normalized spacial score (nSPS) is 14.9. The molecule has 14 heteroatoms. The monoisotopic (exact) mass is 746 g/mol. The average molecular weight is 747 g/mol. The maximum absolute atomic E-state index is 14.8. The Morgan fingerprint density at radius 1 is 0.852 bits per heavy atom. The van der Waals surface area contributed by atoms with Gasteiger partial charge in [0.1, 0.15) is 5.75 Å². The summed E-state index contributed by atoms with van der Waals surface area (Å²) in [5.41, 5.74) is -3.36. The minimum absolute atomic E-state index is 0.0364. The van der Waals surface area contributed by atoms with E-state index in [1.165, 1.54) is 78.6 Å². The molecule has 1 aliphatic rings. The lowest BCUT2D eigenvalue weighted by Gasteiger charge is -2.35. The molecule has 1 heterocycles. The van der Waals surface area contributed by atoms with Gasteiger partial charge in [-0.15, -0.1) is 0 Å². The Morgan fingerprint density at radius 3 is 2.11 bits per heavy atom. The number of esters is 1. The molecule has 2 N–H and O–H groups in total. The van der Waals surface area contributed by atoms with E-state index >= 15 is 0 Å². The Kier molecular flexibility index (Phi) is 11.4. The molecule has 54 heavy (non-hydrogen) atoms. The summed E-state index contributed by atoms with van der Waals surface area (Å²) in [7, 11) is 0. The summed E-state index contributed by atoms with van der Waals surface area (Å²) < 4.78 is 56.9. The van der Waals surface area contributed by atoms with Gasteiger partial charge in [-0.2, -0.15) is 13.2 Å². The van der Waals surface area contributed by atoms with Crippen molar-refractivity contribution >= 4 is 41.2 Å². The number of carboxylic acid groups (broad SMARTS) is 1. The van der Waals surface area contributed by atoms with E-state index in [4.69, 9.17) is 14.2 Å². The fourth-order valence-corrected chi connectivity index (χ4v) is 6.12. The second-order valence-electron chi connectivity index (χ2n) is 12.8. The lowest BCUT2D eigenvalue weighted by Crippen LogP contribution is -2.59. The third-order valence-corrected chi connectivity index (χ3v) is 8.98. The van der Waals surface area contributed by atoms with E-state index < -0.39 is 53.2 Å². The molecule has 1 amide bonds. The molecule has 4 aromatic rings. The van der Waals surface area contributed by atoms with Crippen molar-refractivity contribution in [3.63, 3.8) is 0 Å². The molecular weight excluding hydrogens is 709 g/mol. The minimum Gasteiger partial charge on any atom is -0.480 e. The number of anilines is 2. The number of halogens is 3. The summed E-state index contributed by atoms with van der Waals surface area (Å²) in [5.74, 6) is -4.89. The molecule has 0 bridgehead atoms. The number of alkyl halides is 3. The van der Waals surface area contributed by atoms with Crippen LogP contribution in [0.4, 0.5) is 29.3 Å². The molecule has 3 unspecified atom stereocenters. The van der Waals surface area contributed by atoms with Crippen LogP contribution in [0, 0.1) is 0 Å². The van der Waals surface area contributed by atoms with E-state index in [9.17, 15) is 42.3 Å². The standard InChI is InChI=1S/C40H37F3N2O9/c1-5-24(4)52-37(50)39(36(48)49,26-11-7-6-8-12-26)35(34(47)30-14-10-9-13-29(30)25-15-17-27(18-16-25)40(41,42)43)54-38(51)53-28-19-20-31-32(21-28)45(23(2)3)33(46)22-44-31/h6-21,23-24,35,44H,5,22H2,1-4H3,(H,48,49). The van der Waals surface area contributed by atoms with Crippen molar-refractivity contribution in [1.82, 2.24) is 0 Å². The van der Waals surface area contributed by atoms with Crippen molar-refractivity contribution in [2.75, 3.05) is 16.8 Å². The first-order valence-electron chi connectivity index (χ1n) is 17.0.